The summed E-state index contributed by atoms with van der Waals surface area (Å²) >= 11 is 0. The lowest BCUT2D eigenvalue weighted by Crippen LogP contribution is -2.37. The van der Waals surface area contributed by atoms with Crippen molar-refractivity contribution in [2.45, 2.75) is 38.5 Å². The van der Waals surface area contributed by atoms with Gasteiger partial charge in [-0.1, -0.05) is 6.92 Å². The first-order chi connectivity index (χ1) is 7.81. The minimum Gasteiger partial charge on any atom is -0.348 e. The Bertz CT molecular complexity index is 326. The van der Waals surface area contributed by atoms with E-state index in [1.54, 1.807) is 6.33 Å². The van der Waals surface area contributed by atoms with Gasteiger partial charge in [-0.25, -0.2) is 4.98 Å². The largest absolute Gasteiger partial charge is 0.348 e. The van der Waals surface area contributed by atoms with Gasteiger partial charge in [0, 0.05) is 37.3 Å². The zero-order chi connectivity index (χ0) is 11.4. The van der Waals surface area contributed by atoms with Gasteiger partial charge in [0.05, 0.1) is 6.33 Å². The number of rotatable bonds is 3. The van der Waals surface area contributed by atoms with E-state index in [4.69, 9.17) is 0 Å². The van der Waals surface area contributed by atoms with Crippen LogP contribution in [0.1, 0.15) is 44.2 Å². The molecule has 0 saturated carbocycles. The predicted octanol–water partition coefficient (Wildman–Crippen LogP) is 1.92. The number of piperidine rings is 1. The lowest BCUT2D eigenvalue weighted by atomic mass is 9.94. The highest BCUT2D eigenvalue weighted by molar-refractivity contribution is 5.76. The monoisotopic (exact) mass is 221 g/mol. The Labute approximate surface area is 96.1 Å². The molecule has 0 bridgehead atoms. The maximum atomic E-state index is 11.7. The molecule has 0 aromatic carbocycles. The number of nitrogens with one attached hydrogen (secondary N) is 1. The number of aromatic nitrogens is 2. The smallest absolute Gasteiger partial charge is 0.222 e. The van der Waals surface area contributed by atoms with Crippen LogP contribution < -0.4 is 0 Å². The molecule has 4 nitrogen and oxygen atoms in total. The van der Waals surface area contributed by atoms with Gasteiger partial charge in [-0.2, -0.15) is 0 Å². The number of carbonyl (C=O) groups excluding carboxylic acids is 1. The molecule has 2 rings (SSSR count). The Morgan fingerprint density at radius 3 is 2.88 bits per heavy atom. The van der Waals surface area contributed by atoms with Crippen LogP contribution >= 0.6 is 0 Å². The van der Waals surface area contributed by atoms with Crippen molar-refractivity contribution in [1.82, 2.24) is 14.9 Å². The van der Waals surface area contributed by atoms with E-state index in [0.29, 0.717) is 18.2 Å². The Morgan fingerprint density at radius 1 is 1.56 bits per heavy atom. The Balaban J connectivity index is 1.85. The van der Waals surface area contributed by atoms with Crippen molar-refractivity contribution in [2.75, 3.05) is 13.1 Å². The number of amides is 1. The number of carbonyl (C=O) groups is 1. The molecule has 0 aliphatic carbocycles. The normalized spacial score (nSPS) is 17.7. The zero-order valence-corrected chi connectivity index (χ0v) is 9.78. The summed E-state index contributed by atoms with van der Waals surface area (Å²) in [5.74, 6) is 0.860. The molecule has 16 heavy (non-hydrogen) atoms. The van der Waals surface area contributed by atoms with Gasteiger partial charge in [-0.05, 0) is 19.3 Å². The maximum Gasteiger partial charge on any atom is 0.222 e. The lowest BCUT2D eigenvalue weighted by Gasteiger charge is -2.31. The lowest BCUT2D eigenvalue weighted by molar-refractivity contribution is -0.132. The van der Waals surface area contributed by atoms with Gasteiger partial charge in [0.15, 0.2) is 0 Å². The molecular weight excluding hydrogens is 202 g/mol. The van der Waals surface area contributed by atoms with Crippen molar-refractivity contribution in [1.29, 1.82) is 0 Å². The summed E-state index contributed by atoms with van der Waals surface area (Å²) < 4.78 is 0. The minimum absolute atomic E-state index is 0.311. The number of hydrogen-bond donors (Lipinski definition) is 1. The highest BCUT2D eigenvalue weighted by atomic mass is 16.2. The summed E-state index contributed by atoms with van der Waals surface area (Å²) in [4.78, 5) is 20.9. The van der Waals surface area contributed by atoms with Crippen LogP contribution in [0.3, 0.4) is 0 Å². The van der Waals surface area contributed by atoms with Crippen LogP contribution in [0.4, 0.5) is 0 Å². The summed E-state index contributed by atoms with van der Waals surface area (Å²) in [7, 11) is 0. The third kappa shape index (κ3) is 2.43. The number of imidazole rings is 1. The van der Waals surface area contributed by atoms with Crippen LogP contribution in [-0.2, 0) is 4.79 Å². The van der Waals surface area contributed by atoms with Gasteiger partial charge < -0.3 is 9.88 Å². The van der Waals surface area contributed by atoms with E-state index in [0.717, 1.165) is 32.4 Å². The van der Waals surface area contributed by atoms with E-state index < -0.39 is 0 Å². The third-order valence-corrected chi connectivity index (χ3v) is 3.27. The van der Waals surface area contributed by atoms with Crippen LogP contribution in [0.2, 0.25) is 0 Å². The van der Waals surface area contributed by atoms with E-state index in [9.17, 15) is 4.79 Å². The second-order valence-corrected chi connectivity index (χ2v) is 4.41. The first kappa shape index (κ1) is 11.2. The highest BCUT2D eigenvalue weighted by Gasteiger charge is 2.23. The molecule has 0 spiro atoms. The highest BCUT2D eigenvalue weighted by Crippen LogP contribution is 2.26. The average Bonchev–Trinajstić information content (AvgIpc) is 2.83. The van der Waals surface area contributed by atoms with Crippen molar-refractivity contribution in [3.05, 3.63) is 18.2 Å². The molecular formula is C12H19N3O. The molecule has 1 aromatic heterocycles. The molecule has 1 fully saturated rings. The summed E-state index contributed by atoms with van der Waals surface area (Å²) in [6, 6.07) is 0. The van der Waals surface area contributed by atoms with E-state index >= 15 is 0 Å². The molecule has 1 aromatic rings. The SMILES string of the molecule is CCCC(=O)N1CCC(c2cnc[nH]2)CC1. The van der Waals surface area contributed by atoms with Gasteiger partial charge in [-0.3, -0.25) is 4.79 Å². The molecule has 1 aliphatic heterocycles. The molecule has 1 amide bonds. The van der Waals surface area contributed by atoms with Gasteiger partial charge in [-0.15, -0.1) is 0 Å². The maximum absolute atomic E-state index is 11.7. The van der Waals surface area contributed by atoms with Crippen molar-refractivity contribution < 1.29 is 4.79 Å². The fourth-order valence-corrected chi connectivity index (χ4v) is 2.30. The van der Waals surface area contributed by atoms with Crippen LogP contribution in [-0.4, -0.2) is 33.9 Å². The van der Waals surface area contributed by atoms with Crippen molar-refractivity contribution >= 4 is 5.91 Å². The van der Waals surface area contributed by atoms with Crippen LogP contribution in [0.15, 0.2) is 12.5 Å². The van der Waals surface area contributed by atoms with Gasteiger partial charge >= 0.3 is 0 Å². The molecule has 0 atom stereocenters. The Kier molecular flexibility index (Phi) is 3.59. The quantitative estimate of drug-likeness (QED) is 0.847. The van der Waals surface area contributed by atoms with Gasteiger partial charge in [0.25, 0.3) is 0 Å². The first-order valence-electron chi connectivity index (χ1n) is 6.07. The minimum atomic E-state index is 0.311. The summed E-state index contributed by atoms with van der Waals surface area (Å²) in [6.07, 6.45) is 7.36. The molecule has 4 heteroatoms. The Morgan fingerprint density at radius 2 is 2.31 bits per heavy atom. The van der Waals surface area contributed by atoms with E-state index in [-0.39, 0.29) is 0 Å². The molecule has 0 radical (unpaired) electrons. The number of likely N-dealkylation sites (tertiary alicyclic amines) is 1. The van der Waals surface area contributed by atoms with Gasteiger partial charge in [0.2, 0.25) is 5.91 Å². The van der Waals surface area contributed by atoms with E-state index in [2.05, 4.69) is 16.9 Å². The molecule has 1 aliphatic rings. The molecule has 0 unspecified atom stereocenters. The summed E-state index contributed by atoms with van der Waals surface area (Å²) in [5, 5.41) is 0. The van der Waals surface area contributed by atoms with Crippen molar-refractivity contribution in [3.63, 3.8) is 0 Å². The topological polar surface area (TPSA) is 49.0 Å². The first-order valence-corrected chi connectivity index (χ1v) is 6.07. The van der Waals surface area contributed by atoms with E-state index in [1.165, 1.54) is 5.69 Å². The second kappa shape index (κ2) is 5.14. The molecule has 2 heterocycles. The van der Waals surface area contributed by atoms with Gasteiger partial charge in [0.1, 0.15) is 0 Å². The van der Waals surface area contributed by atoms with Crippen LogP contribution in [0.5, 0.6) is 0 Å². The number of H-pyrrole nitrogens is 1. The molecule has 1 saturated heterocycles. The number of hydrogen-bond acceptors (Lipinski definition) is 2. The number of aromatic amines is 1. The number of nitrogens with zero attached hydrogens (tertiary/aromatic N) is 2. The summed E-state index contributed by atoms with van der Waals surface area (Å²) in [5.41, 5.74) is 1.21. The second-order valence-electron chi connectivity index (χ2n) is 4.41. The molecule has 88 valence electrons. The predicted molar refractivity (Wildman–Crippen MR) is 62.1 cm³/mol. The average molecular weight is 221 g/mol. The third-order valence-electron chi connectivity index (χ3n) is 3.27. The molecule has 1 N–H and O–H groups in total. The van der Waals surface area contributed by atoms with Crippen molar-refractivity contribution in [2.24, 2.45) is 0 Å². The van der Waals surface area contributed by atoms with E-state index in [1.807, 2.05) is 11.1 Å². The fraction of sp³-hybridized carbons (Fsp3) is 0.667. The van der Waals surface area contributed by atoms with Crippen LogP contribution in [0.25, 0.3) is 0 Å². The standard InChI is InChI=1S/C12H19N3O/c1-2-3-12(16)15-6-4-10(5-7-15)11-8-13-9-14-11/h8-10H,2-7H2,1H3,(H,13,14). The van der Waals surface area contributed by atoms with Crippen molar-refractivity contribution in [3.8, 4) is 0 Å². The van der Waals surface area contributed by atoms with Crippen LogP contribution in [0, 0.1) is 0 Å². The fourth-order valence-electron chi connectivity index (χ4n) is 2.30. The Hall–Kier alpha value is -1.32. The zero-order valence-electron chi connectivity index (χ0n) is 9.78. The summed E-state index contributed by atoms with van der Waals surface area (Å²) in [6.45, 7) is 3.83.